The standard InChI is InChI=1S/C33H44F3NO3S/c1-9-24-12-14-26(28(10-2)37-24)30-16-22-11-13-25(17-29(22)40-30)41-19-23(33(34,35)36)18-39-31(38)27(32(6,7)8)15-21(5)20(3)4/h11-14,16-17,20-21,23,27H,9-10,15,18-19H2,1-8H3. The van der Waals surface area contributed by atoms with Crippen molar-refractivity contribution in [2.24, 2.45) is 29.1 Å². The largest absolute Gasteiger partial charge is 0.465 e. The lowest BCUT2D eigenvalue weighted by molar-refractivity contribution is -0.188. The molecule has 0 saturated heterocycles. The van der Waals surface area contributed by atoms with Crippen LogP contribution >= 0.6 is 11.8 Å². The summed E-state index contributed by atoms with van der Waals surface area (Å²) in [5, 5.41) is 0.871. The van der Waals surface area contributed by atoms with E-state index in [2.05, 4.69) is 27.7 Å². The van der Waals surface area contributed by atoms with Crippen molar-refractivity contribution in [3.63, 3.8) is 0 Å². The van der Waals surface area contributed by atoms with Gasteiger partial charge in [-0.1, -0.05) is 55.4 Å². The van der Waals surface area contributed by atoms with Crippen LogP contribution in [0.4, 0.5) is 13.2 Å². The van der Waals surface area contributed by atoms with Crippen molar-refractivity contribution >= 4 is 28.7 Å². The van der Waals surface area contributed by atoms with Crippen LogP contribution in [0.1, 0.15) is 73.2 Å². The molecule has 0 amide bonds. The third-order valence-electron chi connectivity index (χ3n) is 7.90. The molecule has 0 N–H and O–H groups in total. The highest BCUT2D eigenvalue weighted by atomic mass is 32.2. The van der Waals surface area contributed by atoms with Crippen molar-refractivity contribution in [2.45, 2.75) is 85.7 Å². The smallest absolute Gasteiger partial charge is 0.395 e. The van der Waals surface area contributed by atoms with Gasteiger partial charge in [0.25, 0.3) is 0 Å². The van der Waals surface area contributed by atoms with Crippen molar-refractivity contribution in [1.82, 2.24) is 4.98 Å². The molecule has 3 unspecified atom stereocenters. The minimum atomic E-state index is -4.49. The molecule has 2 heterocycles. The van der Waals surface area contributed by atoms with Crippen molar-refractivity contribution < 1.29 is 27.1 Å². The molecule has 2 aromatic heterocycles. The molecule has 3 rings (SSSR count). The number of aromatic nitrogens is 1. The second-order valence-electron chi connectivity index (χ2n) is 12.4. The van der Waals surface area contributed by atoms with Crippen LogP contribution in [0.5, 0.6) is 0 Å². The number of fused-ring (bicyclic) bond motifs is 1. The highest BCUT2D eigenvalue weighted by Crippen LogP contribution is 2.37. The van der Waals surface area contributed by atoms with Crippen LogP contribution in [-0.2, 0) is 22.4 Å². The predicted molar refractivity (Wildman–Crippen MR) is 161 cm³/mol. The van der Waals surface area contributed by atoms with Gasteiger partial charge in [-0.3, -0.25) is 9.78 Å². The van der Waals surface area contributed by atoms with E-state index in [1.165, 1.54) is 0 Å². The molecule has 3 atom stereocenters. The van der Waals surface area contributed by atoms with Gasteiger partial charge in [0.1, 0.15) is 18.0 Å². The van der Waals surface area contributed by atoms with Gasteiger partial charge >= 0.3 is 12.1 Å². The molecular weight excluding hydrogens is 547 g/mol. The molecule has 3 aromatic rings. The van der Waals surface area contributed by atoms with E-state index in [-0.39, 0.29) is 11.7 Å². The van der Waals surface area contributed by atoms with Crippen LogP contribution in [0, 0.1) is 29.1 Å². The average Bonchev–Trinajstić information content (AvgIpc) is 3.32. The van der Waals surface area contributed by atoms with Gasteiger partial charge in [-0.25, -0.2) is 0 Å². The molecule has 226 valence electrons. The Morgan fingerprint density at radius 2 is 1.73 bits per heavy atom. The zero-order chi connectivity index (χ0) is 30.5. The number of carbonyl (C=O) groups excluding carboxylic acids is 1. The predicted octanol–water partition coefficient (Wildman–Crippen LogP) is 9.78. The fourth-order valence-electron chi connectivity index (χ4n) is 4.64. The summed E-state index contributed by atoms with van der Waals surface area (Å²) >= 11 is 1.08. The Balaban J connectivity index is 1.72. The van der Waals surface area contributed by atoms with E-state index in [0.29, 0.717) is 28.6 Å². The molecule has 0 fully saturated rings. The van der Waals surface area contributed by atoms with Crippen LogP contribution in [0.15, 0.2) is 45.7 Å². The quantitative estimate of drug-likeness (QED) is 0.155. The minimum absolute atomic E-state index is 0.248. The number of rotatable bonds is 12. The number of aryl methyl sites for hydroxylation is 2. The summed E-state index contributed by atoms with van der Waals surface area (Å²) in [4.78, 5) is 18.4. The zero-order valence-corrected chi connectivity index (χ0v) is 26.3. The number of carbonyl (C=O) groups is 1. The molecular formula is C33H44F3NO3S. The summed E-state index contributed by atoms with van der Waals surface area (Å²) < 4.78 is 53.4. The lowest BCUT2D eigenvalue weighted by Gasteiger charge is -2.32. The Bertz CT molecular complexity index is 1310. The van der Waals surface area contributed by atoms with Crippen molar-refractivity contribution in [2.75, 3.05) is 12.4 Å². The zero-order valence-electron chi connectivity index (χ0n) is 25.5. The second-order valence-corrected chi connectivity index (χ2v) is 13.5. The first kappa shape index (κ1) is 33.0. The molecule has 0 aliphatic heterocycles. The van der Waals surface area contributed by atoms with Crippen LogP contribution in [0.3, 0.4) is 0 Å². The molecule has 1 aromatic carbocycles. The summed E-state index contributed by atoms with van der Waals surface area (Å²) in [5.74, 6) is -1.77. The van der Waals surface area contributed by atoms with Crippen LogP contribution in [-0.4, -0.2) is 29.5 Å². The summed E-state index contributed by atoms with van der Waals surface area (Å²) in [7, 11) is 0. The summed E-state index contributed by atoms with van der Waals surface area (Å²) in [5.41, 5.74) is 3.09. The first-order valence-corrected chi connectivity index (χ1v) is 15.5. The summed E-state index contributed by atoms with van der Waals surface area (Å²) in [6.45, 7) is 15.4. The number of halogens is 3. The van der Waals surface area contributed by atoms with Crippen molar-refractivity contribution in [1.29, 1.82) is 0 Å². The number of nitrogens with zero attached hydrogens (tertiary/aromatic N) is 1. The number of furan rings is 1. The number of benzene rings is 1. The van der Waals surface area contributed by atoms with Gasteiger partial charge in [0.2, 0.25) is 0 Å². The molecule has 8 heteroatoms. The van der Waals surface area contributed by atoms with E-state index < -0.39 is 36.0 Å². The van der Waals surface area contributed by atoms with Gasteiger partial charge in [-0.2, -0.15) is 13.2 Å². The van der Waals surface area contributed by atoms with Gasteiger partial charge in [0.05, 0.1) is 17.5 Å². The molecule has 0 aliphatic rings. The van der Waals surface area contributed by atoms with Crippen LogP contribution in [0.2, 0.25) is 0 Å². The van der Waals surface area contributed by atoms with Gasteiger partial charge in [0.15, 0.2) is 0 Å². The number of hydrogen-bond donors (Lipinski definition) is 0. The van der Waals surface area contributed by atoms with E-state index >= 15 is 0 Å². The maximum Gasteiger partial charge on any atom is 0.395 e. The molecule has 0 aliphatic carbocycles. The topological polar surface area (TPSA) is 52.3 Å². The van der Waals surface area contributed by atoms with E-state index in [0.717, 1.165) is 46.9 Å². The van der Waals surface area contributed by atoms with Gasteiger partial charge in [-0.05, 0) is 72.9 Å². The van der Waals surface area contributed by atoms with Crippen molar-refractivity contribution in [3.8, 4) is 11.3 Å². The Kier molecular flexibility index (Phi) is 11.0. The van der Waals surface area contributed by atoms with E-state index in [1.807, 2.05) is 52.0 Å². The van der Waals surface area contributed by atoms with Gasteiger partial charge in [-0.15, -0.1) is 11.8 Å². The first-order valence-electron chi connectivity index (χ1n) is 14.5. The molecule has 0 spiro atoms. The monoisotopic (exact) mass is 591 g/mol. The molecule has 41 heavy (non-hydrogen) atoms. The van der Waals surface area contributed by atoms with E-state index in [1.54, 1.807) is 12.1 Å². The average molecular weight is 592 g/mol. The van der Waals surface area contributed by atoms with Crippen LogP contribution in [0.25, 0.3) is 22.3 Å². The molecule has 4 nitrogen and oxygen atoms in total. The van der Waals surface area contributed by atoms with E-state index in [4.69, 9.17) is 14.1 Å². The van der Waals surface area contributed by atoms with Gasteiger partial charge in [0, 0.05) is 27.3 Å². The molecule has 0 bridgehead atoms. The van der Waals surface area contributed by atoms with Crippen LogP contribution < -0.4 is 0 Å². The highest BCUT2D eigenvalue weighted by molar-refractivity contribution is 7.99. The number of pyridine rings is 1. The molecule has 0 saturated carbocycles. The third-order valence-corrected chi connectivity index (χ3v) is 9.06. The lowest BCUT2D eigenvalue weighted by atomic mass is 9.74. The highest BCUT2D eigenvalue weighted by Gasteiger charge is 2.42. The number of esters is 1. The summed E-state index contributed by atoms with van der Waals surface area (Å²) in [6.07, 6.45) is -2.31. The minimum Gasteiger partial charge on any atom is -0.465 e. The maximum absolute atomic E-state index is 14.0. The summed E-state index contributed by atoms with van der Waals surface area (Å²) in [6, 6.07) is 11.4. The Morgan fingerprint density at radius 3 is 2.32 bits per heavy atom. The number of thioether (sulfide) groups is 1. The van der Waals surface area contributed by atoms with Gasteiger partial charge < -0.3 is 9.15 Å². The lowest BCUT2D eigenvalue weighted by Crippen LogP contribution is -2.36. The number of alkyl halides is 3. The Morgan fingerprint density at radius 1 is 1.02 bits per heavy atom. The fraction of sp³-hybridized carbons (Fsp3) is 0.576. The third kappa shape index (κ3) is 8.76. The maximum atomic E-state index is 14.0. The first-order chi connectivity index (χ1) is 19.1. The second kappa shape index (κ2) is 13.7. The Labute approximate surface area is 246 Å². The normalized spacial score (nSPS) is 14.8. The SMILES string of the molecule is CCc1ccc(-c2cc3ccc(SCC(COC(=O)C(CC(C)C(C)C)C(C)(C)C)C(F)(F)F)cc3o2)c(CC)n1. The fourth-order valence-corrected chi connectivity index (χ4v) is 5.67. The number of ether oxygens (including phenoxy) is 1. The van der Waals surface area contributed by atoms with E-state index in [9.17, 15) is 18.0 Å². The Hall–Kier alpha value is -2.48. The number of hydrogen-bond acceptors (Lipinski definition) is 5. The molecule has 0 radical (unpaired) electrons. The van der Waals surface area contributed by atoms with Crippen molar-refractivity contribution in [3.05, 3.63) is 47.8 Å².